The van der Waals surface area contributed by atoms with Gasteiger partial charge in [0.15, 0.2) is 0 Å². The van der Waals surface area contributed by atoms with Crippen molar-refractivity contribution < 1.29 is 4.74 Å². The first-order chi connectivity index (χ1) is 8.89. The lowest BCUT2D eigenvalue weighted by Crippen LogP contribution is -2.22. The van der Waals surface area contributed by atoms with Crippen molar-refractivity contribution in [2.75, 3.05) is 13.2 Å². The van der Waals surface area contributed by atoms with Crippen LogP contribution in [-0.2, 0) is 4.74 Å². The molecule has 2 aliphatic heterocycles. The molecule has 3 aliphatic rings. The normalized spacial score (nSPS) is 21.5. The lowest BCUT2D eigenvalue weighted by Gasteiger charge is -2.15. The van der Waals surface area contributed by atoms with Gasteiger partial charge in [-0.15, -0.1) is 0 Å². The summed E-state index contributed by atoms with van der Waals surface area (Å²) in [7, 11) is 0. The third-order valence-electron chi connectivity index (χ3n) is 3.27. The average molecular weight is 268 g/mol. The molecule has 2 fully saturated rings. The van der Waals surface area contributed by atoms with Gasteiger partial charge in [-0.1, -0.05) is 32.8 Å². The molecule has 112 valence electrons. The van der Waals surface area contributed by atoms with E-state index < -0.39 is 0 Å². The lowest BCUT2D eigenvalue weighted by molar-refractivity contribution is 0.0968. The fourth-order valence-corrected chi connectivity index (χ4v) is 2.13. The van der Waals surface area contributed by atoms with Crippen molar-refractivity contribution >= 4 is 6.21 Å². The van der Waals surface area contributed by atoms with Gasteiger partial charge in [0.1, 0.15) is 0 Å². The van der Waals surface area contributed by atoms with E-state index in [1.54, 1.807) is 6.20 Å². The smallest absolute Gasteiger partial charge is 0.0466 e. The Balaban J connectivity index is 0.000000252. The summed E-state index contributed by atoms with van der Waals surface area (Å²) in [4.78, 5) is 3.78. The molecule has 0 aromatic heterocycles. The Labute approximate surface area is 119 Å². The number of rotatable bonds is 0. The van der Waals surface area contributed by atoms with E-state index in [1.807, 2.05) is 12.3 Å². The van der Waals surface area contributed by atoms with Crippen LogP contribution in [0.25, 0.3) is 0 Å². The van der Waals surface area contributed by atoms with Gasteiger partial charge in [0.05, 0.1) is 0 Å². The van der Waals surface area contributed by atoms with Crippen molar-refractivity contribution in [1.29, 1.82) is 0 Å². The highest BCUT2D eigenvalue weighted by Crippen LogP contribution is 2.14. The highest BCUT2D eigenvalue weighted by atomic mass is 16.5. The molecule has 3 rings (SSSR count). The summed E-state index contributed by atoms with van der Waals surface area (Å²) in [5.41, 5.74) is 5.63. The highest BCUT2D eigenvalue weighted by molar-refractivity contribution is 5.62. The Bertz CT molecular complexity index is 207. The van der Waals surface area contributed by atoms with E-state index in [1.165, 1.54) is 51.4 Å². The van der Waals surface area contributed by atoms with Gasteiger partial charge in [0.25, 0.3) is 0 Å². The van der Waals surface area contributed by atoms with E-state index in [0.29, 0.717) is 6.04 Å². The molecule has 3 nitrogen and oxygen atoms in total. The van der Waals surface area contributed by atoms with Gasteiger partial charge in [-0.25, -0.2) is 0 Å². The number of aliphatic imine (C=N–C) groups is 1. The molecule has 2 heterocycles. The number of allylic oxidation sites excluding steroid dienone is 1. The molecular weight excluding hydrogens is 236 g/mol. The van der Waals surface area contributed by atoms with Crippen molar-refractivity contribution in [1.82, 2.24) is 0 Å². The van der Waals surface area contributed by atoms with Crippen LogP contribution < -0.4 is 5.73 Å². The fourth-order valence-electron chi connectivity index (χ4n) is 2.13. The van der Waals surface area contributed by atoms with Gasteiger partial charge in [0.2, 0.25) is 0 Å². The summed E-state index contributed by atoms with van der Waals surface area (Å²) in [5, 5.41) is 0. The van der Waals surface area contributed by atoms with Crippen molar-refractivity contribution in [3.8, 4) is 0 Å². The summed E-state index contributed by atoms with van der Waals surface area (Å²) in [5.74, 6) is 0. The van der Waals surface area contributed by atoms with Gasteiger partial charge in [-0.3, -0.25) is 4.99 Å². The minimum atomic E-state index is 0. The SMILES string of the molecule is C.C1=CN=CC1.C1CCOCC1.NC1CCCCC1. The van der Waals surface area contributed by atoms with E-state index >= 15 is 0 Å². The van der Waals surface area contributed by atoms with E-state index in [4.69, 9.17) is 10.5 Å². The zero-order valence-corrected chi connectivity index (χ0v) is 11.5. The van der Waals surface area contributed by atoms with E-state index in [-0.39, 0.29) is 7.43 Å². The Hall–Kier alpha value is -0.670. The van der Waals surface area contributed by atoms with Gasteiger partial charge < -0.3 is 10.5 Å². The quantitative estimate of drug-likeness (QED) is 0.719. The second-order valence-electron chi connectivity index (χ2n) is 5.02. The molecule has 1 saturated heterocycles. The zero-order chi connectivity index (χ0) is 12.9. The van der Waals surface area contributed by atoms with Crippen LogP contribution in [0.5, 0.6) is 0 Å². The molecule has 0 aromatic rings. The predicted octanol–water partition coefficient (Wildman–Crippen LogP) is 4.08. The summed E-state index contributed by atoms with van der Waals surface area (Å²) in [6, 6.07) is 0.536. The zero-order valence-electron chi connectivity index (χ0n) is 11.5. The molecule has 1 saturated carbocycles. The monoisotopic (exact) mass is 268 g/mol. The Morgan fingerprint density at radius 3 is 1.79 bits per heavy atom. The molecule has 1 aliphatic carbocycles. The first-order valence-electron chi connectivity index (χ1n) is 7.39. The molecule has 0 bridgehead atoms. The van der Waals surface area contributed by atoms with Gasteiger partial charge in [0, 0.05) is 38.1 Å². The van der Waals surface area contributed by atoms with Crippen LogP contribution in [0, 0.1) is 0 Å². The minimum absolute atomic E-state index is 0. The average Bonchev–Trinajstić information content (AvgIpc) is 3.01. The molecule has 0 amide bonds. The topological polar surface area (TPSA) is 47.6 Å². The summed E-state index contributed by atoms with van der Waals surface area (Å²) in [6.45, 7) is 2.00. The molecule has 0 aromatic carbocycles. The van der Waals surface area contributed by atoms with Crippen molar-refractivity contribution in [3.63, 3.8) is 0 Å². The largest absolute Gasteiger partial charge is 0.381 e. The summed E-state index contributed by atoms with van der Waals surface area (Å²) >= 11 is 0. The highest BCUT2D eigenvalue weighted by Gasteiger charge is 2.06. The maximum absolute atomic E-state index is 5.63. The number of ether oxygens (including phenoxy) is 1. The molecule has 3 heteroatoms. The van der Waals surface area contributed by atoms with Crippen LogP contribution in [0.1, 0.15) is 65.2 Å². The van der Waals surface area contributed by atoms with Crippen LogP contribution in [0.4, 0.5) is 0 Å². The van der Waals surface area contributed by atoms with E-state index in [9.17, 15) is 0 Å². The third-order valence-corrected chi connectivity index (χ3v) is 3.27. The molecule has 0 unspecified atom stereocenters. The second-order valence-corrected chi connectivity index (χ2v) is 5.02. The van der Waals surface area contributed by atoms with Crippen molar-refractivity contribution in [3.05, 3.63) is 12.3 Å². The maximum Gasteiger partial charge on any atom is 0.0466 e. The Morgan fingerprint density at radius 1 is 0.947 bits per heavy atom. The number of hydrogen-bond donors (Lipinski definition) is 1. The Kier molecular flexibility index (Phi) is 13.3. The predicted molar refractivity (Wildman–Crippen MR) is 84.7 cm³/mol. The third kappa shape index (κ3) is 12.1. The van der Waals surface area contributed by atoms with Crippen molar-refractivity contribution in [2.24, 2.45) is 10.7 Å². The minimum Gasteiger partial charge on any atom is -0.381 e. The first-order valence-corrected chi connectivity index (χ1v) is 7.39. The molecule has 0 spiro atoms. The maximum atomic E-state index is 5.63. The Morgan fingerprint density at radius 2 is 1.58 bits per heavy atom. The molecule has 2 N–H and O–H groups in total. The fraction of sp³-hybridized carbons (Fsp3) is 0.812. The van der Waals surface area contributed by atoms with Crippen molar-refractivity contribution in [2.45, 2.75) is 71.3 Å². The lowest BCUT2D eigenvalue weighted by atomic mass is 9.97. The van der Waals surface area contributed by atoms with Crippen LogP contribution in [0.3, 0.4) is 0 Å². The standard InChI is InChI=1S/C6H13N.C5H10O.C4H5N.CH4/c7-6-4-2-1-3-5-6;1-2-4-6-5-3-1;1-2-4-5-3-1;/h6H,1-5,7H2;1-5H2;1,3-4H,2H2;1H4. The van der Waals surface area contributed by atoms with Crippen LogP contribution in [-0.4, -0.2) is 25.5 Å². The van der Waals surface area contributed by atoms with Crippen LogP contribution in [0.15, 0.2) is 17.3 Å². The number of hydrogen-bond acceptors (Lipinski definition) is 3. The molecule has 0 atom stereocenters. The van der Waals surface area contributed by atoms with E-state index in [2.05, 4.69) is 4.99 Å². The summed E-state index contributed by atoms with van der Waals surface area (Å²) in [6.07, 6.45) is 17.3. The summed E-state index contributed by atoms with van der Waals surface area (Å²) < 4.78 is 5.07. The first kappa shape index (κ1) is 18.3. The van der Waals surface area contributed by atoms with Crippen LogP contribution in [0.2, 0.25) is 0 Å². The second kappa shape index (κ2) is 13.8. The molecule has 0 radical (unpaired) electrons. The van der Waals surface area contributed by atoms with Gasteiger partial charge >= 0.3 is 0 Å². The number of nitrogens with two attached hydrogens (primary N) is 1. The van der Waals surface area contributed by atoms with E-state index in [0.717, 1.165) is 19.6 Å². The molecular formula is C16H32N2O. The van der Waals surface area contributed by atoms with Gasteiger partial charge in [-0.2, -0.15) is 0 Å². The number of nitrogens with zero attached hydrogens (tertiary/aromatic N) is 1. The van der Waals surface area contributed by atoms with Gasteiger partial charge in [-0.05, 0) is 32.1 Å². The molecule has 19 heavy (non-hydrogen) atoms. The van der Waals surface area contributed by atoms with Crippen LogP contribution >= 0.6 is 0 Å².